The molecule has 0 unspecified atom stereocenters. The number of alkyl halides is 1. The van der Waals surface area contributed by atoms with Gasteiger partial charge in [-0.2, -0.15) is 0 Å². The molecule has 0 amide bonds. The molecule has 1 heterocycles. The van der Waals surface area contributed by atoms with Crippen molar-refractivity contribution in [1.29, 1.82) is 0 Å². The second-order valence-electron chi connectivity index (χ2n) is 4.03. The molecular formula is C14H11ClN4. The molecule has 0 aliphatic rings. The molecule has 0 bridgehead atoms. The summed E-state index contributed by atoms with van der Waals surface area (Å²) in [5, 5.41) is 12.6. The molecule has 94 valence electrons. The van der Waals surface area contributed by atoms with Gasteiger partial charge in [0, 0.05) is 11.4 Å². The van der Waals surface area contributed by atoms with E-state index in [9.17, 15) is 0 Å². The minimum atomic E-state index is 0.415. The van der Waals surface area contributed by atoms with Crippen molar-refractivity contribution in [3.63, 3.8) is 0 Å². The van der Waals surface area contributed by atoms with Gasteiger partial charge in [0.1, 0.15) is 0 Å². The molecule has 0 saturated heterocycles. The van der Waals surface area contributed by atoms with Gasteiger partial charge in [0.25, 0.3) is 0 Å². The molecule has 0 fully saturated rings. The Bertz CT molecular complexity index is 679. The highest BCUT2D eigenvalue weighted by Gasteiger charge is 2.09. The van der Waals surface area contributed by atoms with Crippen LogP contribution >= 0.6 is 11.6 Å². The van der Waals surface area contributed by atoms with Crippen LogP contribution in [0.4, 0.5) is 0 Å². The van der Waals surface area contributed by atoms with Gasteiger partial charge in [0.15, 0.2) is 0 Å². The summed E-state index contributed by atoms with van der Waals surface area (Å²) < 4.78 is 0. The van der Waals surface area contributed by atoms with Crippen LogP contribution in [0.25, 0.3) is 17.1 Å². The largest absolute Gasteiger partial charge is 0.205 e. The Labute approximate surface area is 115 Å². The molecule has 4 nitrogen and oxygen atoms in total. The van der Waals surface area contributed by atoms with Gasteiger partial charge in [-0.1, -0.05) is 48.5 Å². The maximum atomic E-state index is 5.92. The van der Waals surface area contributed by atoms with Crippen molar-refractivity contribution in [2.24, 2.45) is 0 Å². The summed E-state index contributed by atoms with van der Waals surface area (Å²) in [6.07, 6.45) is 0. The van der Waals surface area contributed by atoms with Crippen LogP contribution in [-0.2, 0) is 5.88 Å². The van der Waals surface area contributed by atoms with Crippen LogP contribution < -0.4 is 0 Å². The lowest BCUT2D eigenvalue weighted by atomic mass is 10.2. The summed E-state index contributed by atoms with van der Waals surface area (Å²) >= 11 is 5.92. The molecular weight excluding hydrogens is 260 g/mol. The molecule has 5 heteroatoms. The van der Waals surface area contributed by atoms with Gasteiger partial charge in [-0.3, -0.25) is 0 Å². The molecule has 0 N–H and O–H groups in total. The van der Waals surface area contributed by atoms with Gasteiger partial charge >= 0.3 is 0 Å². The van der Waals surface area contributed by atoms with Gasteiger partial charge in [0.05, 0.1) is 5.69 Å². The first kappa shape index (κ1) is 11.9. The maximum absolute atomic E-state index is 5.92. The fourth-order valence-corrected chi connectivity index (χ4v) is 2.06. The van der Waals surface area contributed by atoms with E-state index in [0.29, 0.717) is 11.7 Å². The Kier molecular flexibility index (Phi) is 3.25. The normalized spacial score (nSPS) is 10.6. The summed E-state index contributed by atoms with van der Waals surface area (Å²) in [7, 11) is 0. The van der Waals surface area contributed by atoms with Crippen molar-refractivity contribution in [3.05, 3.63) is 60.2 Å². The zero-order chi connectivity index (χ0) is 13.1. The molecule has 0 aliphatic heterocycles. The van der Waals surface area contributed by atoms with Gasteiger partial charge < -0.3 is 0 Å². The Morgan fingerprint density at radius 3 is 2.47 bits per heavy atom. The van der Waals surface area contributed by atoms with E-state index in [0.717, 1.165) is 16.8 Å². The highest BCUT2D eigenvalue weighted by molar-refractivity contribution is 6.17. The highest BCUT2D eigenvalue weighted by Crippen LogP contribution is 2.17. The number of benzene rings is 2. The average molecular weight is 271 g/mol. The fourth-order valence-electron chi connectivity index (χ4n) is 1.84. The Morgan fingerprint density at radius 1 is 0.947 bits per heavy atom. The van der Waals surface area contributed by atoms with Crippen molar-refractivity contribution in [2.75, 3.05) is 0 Å². The van der Waals surface area contributed by atoms with E-state index >= 15 is 0 Å². The van der Waals surface area contributed by atoms with Crippen LogP contribution in [0.3, 0.4) is 0 Å². The molecule has 2 aromatic carbocycles. The van der Waals surface area contributed by atoms with Gasteiger partial charge in [0.2, 0.25) is 5.82 Å². The molecule has 0 saturated carbocycles. The molecule has 0 atom stereocenters. The standard InChI is InChI=1S/C14H11ClN4/c15-10-12-8-4-5-9-13(12)19-17-14(16-18-19)11-6-2-1-3-7-11/h1-9H,10H2. The SMILES string of the molecule is ClCc1ccccc1-n1nnc(-c2ccccc2)n1. The van der Waals surface area contributed by atoms with Gasteiger partial charge in [-0.15, -0.1) is 26.6 Å². The van der Waals surface area contributed by atoms with Crippen LogP contribution in [0.15, 0.2) is 54.6 Å². The number of hydrogen-bond acceptors (Lipinski definition) is 3. The molecule has 3 aromatic rings. The summed E-state index contributed by atoms with van der Waals surface area (Å²) in [5.74, 6) is 1.02. The third kappa shape index (κ3) is 2.35. The predicted molar refractivity (Wildman–Crippen MR) is 74.1 cm³/mol. The first-order valence-electron chi connectivity index (χ1n) is 5.88. The predicted octanol–water partition coefficient (Wildman–Crippen LogP) is 3.07. The highest BCUT2D eigenvalue weighted by atomic mass is 35.5. The Morgan fingerprint density at radius 2 is 1.68 bits per heavy atom. The van der Waals surface area contributed by atoms with E-state index in [1.165, 1.54) is 4.80 Å². The lowest BCUT2D eigenvalue weighted by Crippen LogP contribution is -2.02. The van der Waals surface area contributed by atoms with Gasteiger partial charge in [-0.25, -0.2) is 0 Å². The zero-order valence-corrected chi connectivity index (χ0v) is 10.8. The number of aromatic nitrogens is 4. The van der Waals surface area contributed by atoms with E-state index in [1.807, 2.05) is 54.6 Å². The van der Waals surface area contributed by atoms with E-state index in [1.54, 1.807) is 0 Å². The quantitative estimate of drug-likeness (QED) is 0.687. The second kappa shape index (κ2) is 5.20. The van der Waals surface area contributed by atoms with Gasteiger partial charge in [-0.05, 0) is 16.8 Å². The number of nitrogens with zero attached hydrogens (tertiary/aromatic N) is 4. The molecule has 1 aromatic heterocycles. The van der Waals surface area contributed by atoms with Crippen LogP contribution in [-0.4, -0.2) is 20.2 Å². The second-order valence-corrected chi connectivity index (χ2v) is 4.30. The minimum Gasteiger partial charge on any atom is -0.130 e. The Hall–Kier alpha value is -2.20. The zero-order valence-electron chi connectivity index (χ0n) is 10.1. The average Bonchev–Trinajstić information content (AvgIpc) is 2.98. The third-order valence-electron chi connectivity index (χ3n) is 2.80. The molecule has 0 radical (unpaired) electrons. The van der Waals surface area contributed by atoms with Crippen LogP contribution in [0.5, 0.6) is 0 Å². The van der Waals surface area contributed by atoms with Crippen LogP contribution in [0.2, 0.25) is 0 Å². The Balaban J connectivity index is 2.02. The fraction of sp³-hybridized carbons (Fsp3) is 0.0714. The van der Waals surface area contributed by atoms with Crippen molar-refractivity contribution < 1.29 is 0 Å². The maximum Gasteiger partial charge on any atom is 0.205 e. The summed E-state index contributed by atoms with van der Waals surface area (Å²) in [5.41, 5.74) is 2.77. The number of halogens is 1. The summed E-state index contributed by atoms with van der Waals surface area (Å²) in [6, 6.07) is 17.5. The van der Waals surface area contributed by atoms with Crippen molar-refractivity contribution in [2.45, 2.75) is 5.88 Å². The number of tetrazole rings is 1. The van der Waals surface area contributed by atoms with Crippen LogP contribution in [0, 0.1) is 0 Å². The summed E-state index contributed by atoms with van der Waals surface area (Å²) in [4.78, 5) is 1.51. The molecule has 19 heavy (non-hydrogen) atoms. The number of hydrogen-bond donors (Lipinski definition) is 0. The lowest BCUT2D eigenvalue weighted by molar-refractivity contribution is 0.715. The van der Waals surface area contributed by atoms with Crippen molar-refractivity contribution in [1.82, 2.24) is 20.2 Å². The van der Waals surface area contributed by atoms with E-state index in [-0.39, 0.29) is 0 Å². The summed E-state index contributed by atoms with van der Waals surface area (Å²) in [6.45, 7) is 0. The van der Waals surface area contributed by atoms with Crippen molar-refractivity contribution in [3.8, 4) is 17.1 Å². The molecule has 0 spiro atoms. The monoisotopic (exact) mass is 270 g/mol. The number of rotatable bonds is 3. The number of para-hydroxylation sites is 1. The van der Waals surface area contributed by atoms with E-state index in [2.05, 4.69) is 15.4 Å². The molecule has 3 rings (SSSR count). The third-order valence-corrected chi connectivity index (χ3v) is 3.08. The first-order chi connectivity index (χ1) is 9.38. The van der Waals surface area contributed by atoms with E-state index < -0.39 is 0 Å². The smallest absolute Gasteiger partial charge is 0.130 e. The molecule has 0 aliphatic carbocycles. The van der Waals surface area contributed by atoms with E-state index in [4.69, 9.17) is 11.6 Å². The topological polar surface area (TPSA) is 43.6 Å². The van der Waals surface area contributed by atoms with Crippen LogP contribution in [0.1, 0.15) is 5.56 Å². The van der Waals surface area contributed by atoms with Crippen molar-refractivity contribution >= 4 is 11.6 Å². The lowest BCUT2D eigenvalue weighted by Gasteiger charge is -2.03. The minimum absolute atomic E-state index is 0.415. The first-order valence-corrected chi connectivity index (χ1v) is 6.41.